The first-order valence-corrected chi connectivity index (χ1v) is 8.96. The zero-order chi connectivity index (χ0) is 17.1. The standard InChI is InChI=1S/C17H15NO4S2/c1-3-22-14-11-9-10(18-16(19)13-5-4-8-23-13)6-7-12(11)24-15(14)17(20)21-2/h4-9H,3H2,1-2H3,(H,18,19). The molecule has 7 heteroatoms. The number of anilines is 1. The molecule has 0 aliphatic carbocycles. The Bertz CT molecular complexity index is 884. The van der Waals surface area contributed by atoms with Crippen LogP contribution in [0.3, 0.4) is 0 Å². The summed E-state index contributed by atoms with van der Waals surface area (Å²) in [5.74, 6) is -0.0916. The van der Waals surface area contributed by atoms with Crippen molar-refractivity contribution in [1.82, 2.24) is 0 Å². The number of methoxy groups -OCH3 is 1. The van der Waals surface area contributed by atoms with Gasteiger partial charge in [0.2, 0.25) is 0 Å². The summed E-state index contributed by atoms with van der Waals surface area (Å²) in [6.07, 6.45) is 0. The number of nitrogens with one attached hydrogen (secondary N) is 1. The summed E-state index contributed by atoms with van der Waals surface area (Å²) in [4.78, 5) is 25.2. The predicted octanol–water partition coefficient (Wildman–Crippen LogP) is 4.40. The van der Waals surface area contributed by atoms with Crippen LogP contribution in [-0.4, -0.2) is 25.6 Å². The van der Waals surface area contributed by atoms with Crippen molar-refractivity contribution in [3.8, 4) is 5.75 Å². The zero-order valence-corrected chi connectivity index (χ0v) is 14.8. The highest BCUT2D eigenvalue weighted by Crippen LogP contribution is 2.39. The molecule has 0 spiro atoms. The van der Waals surface area contributed by atoms with Crippen molar-refractivity contribution in [2.24, 2.45) is 0 Å². The summed E-state index contributed by atoms with van der Waals surface area (Å²) in [6, 6.07) is 9.08. The van der Waals surface area contributed by atoms with Gasteiger partial charge in [-0.3, -0.25) is 4.79 Å². The van der Waals surface area contributed by atoms with E-state index in [9.17, 15) is 9.59 Å². The van der Waals surface area contributed by atoms with Crippen LogP contribution in [0.25, 0.3) is 10.1 Å². The highest BCUT2D eigenvalue weighted by atomic mass is 32.1. The van der Waals surface area contributed by atoms with Crippen LogP contribution in [0, 0.1) is 0 Å². The van der Waals surface area contributed by atoms with E-state index in [1.54, 1.807) is 12.1 Å². The lowest BCUT2D eigenvalue weighted by Crippen LogP contribution is -2.09. The summed E-state index contributed by atoms with van der Waals surface area (Å²) < 4.78 is 11.4. The van der Waals surface area contributed by atoms with Crippen LogP contribution in [0.1, 0.15) is 26.3 Å². The monoisotopic (exact) mass is 361 g/mol. The van der Waals surface area contributed by atoms with Crippen LogP contribution in [0.5, 0.6) is 5.75 Å². The van der Waals surface area contributed by atoms with Crippen molar-refractivity contribution in [2.45, 2.75) is 6.92 Å². The molecule has 1 amide bonds. The normalized spacial score (nSPS) is 10.6. The minimum atomic E-state index is -0.427. The summed E-state index contributed by atoms with van der Waals surface area (Å²) in [7, 11) is 1.34. The Kier molecular flexibility index (Phi) is 4.82. The summed E-state index contributed by atoms with van der Waals surface area (Å²) in [5, 5.41) is 5.50. The van der Waals surface area contributed by atoms with Gasteiger partial charge in [-0.05, 0) is 36.6 Å². The largest absolute Gasteiger partial charge is 0.491 e. The first-order chi connectivity index (χ1) is 11.6. The van der Waals surface area contributed by atoms with Crippen LogP contribution in [0.15, 0.2) is 35.7 Å². The molecule has 0 bridgehead atoms. The molecule has 5 nitrogen and oxygen atoms in total. The molecule has 2 aromatic heterocycles. The maximum atomic E-state index is 12.2. The van der Waals surface area contributed by atoms with E-state index in [4.69, 9.17) is 9.47 Å². The quantitative estimate of drug-likeness (QED) is 0.684. The van der Waals surface area contributed by atoms with Crippen LogP contribution < -0.4 is 10.1 Å². The van der Waals surface area contributed by atoms with Gasteiger partial charge in [0.05, 0.1) is 18.6 Å². The molecule has 0 saturated carbocycles. The first-order valence-electron chi connectivity index (χ1n) is 7.26. The van der Waals surface area contributed by atoms with E-state index in [0.717, 1.165) is 10.1 Å². The molecule has 3 aromatic rings. The Hall–Kier alpha value is -2.38. The second kappa shape index (κ2) is 7.02. The van der Waals surface area contributed by atoms with E-state index in [0.29, 0.717) is 27.8 Å². The number of hydrogen-bond acceptors (Lipinski definition) is 6. The van der Waals surface area contributed by atoms with E-state index < -0.39 is 5.97 Å². The minimum absolute atomic E-state index is 0.161. The number of benzene rings is 1. The summed E-state index contributed by atoms with van der Waals surface area (Å²) in [5.41, 5.74) is 0.649. The average molecular weight is 361 g/mol. The van der Waals surface area contributed by atoms with Crippen molar-refractivity contribution in [1.29, 1.82) is 0 Å². The average Bonchev–Trinajstić information content (AvgIpc) is 3.23. The number of ether oxygens (including phenoxy) is 2. The van der Waals surface area contributed by atoms with Crippen molar-refractivity contribution in [3.63, 3.8) is 0 Å². The smallest absolute Gasteiger partial charge is 0.351 e. The number of hydrogen-bond donors (Lipinski definition) is 1. The molecular weight excluding hydrogens is 346 g/mol. The summed E-state index contributed by atoms with van der Waals surface area (Å²) in [6.45, 7) is 2.29. The Morgan fingerprint density at radius 3 is 2.75 bits per heavy atom. The SMILES string of the molecule is CCOc1c(C(=O)OC)sc2ccc(NC(=O)c3cccs3)cc12. The second-order valence-electron chi connectivity index (χ2n) is 4.83. The molecule has 124 valence electrons. The zero-order valence-electron chi connectivity index (χ0n) is 13.1. The number of amides is 1. The molecule has 0 radical (unpaired) electrons. The van der Waals surface area contributed by atoms with E-state index in [1.165, 1.54) is 29.8 Å². The van der Waals surface area contributed by atoms with Crippen molar-refractivity contribution < 1.29 is 19.1 Å². The highest BCUT2D eigenvalue weighted by molar-refractivity contribution is 7.21. The van der Waals surface area contributed by atoms with Crippen molar-refractivity contribution >= 4 is 50.3 Å². The third kappa shape index (κ3) is 3.13. The van der Waals surface area contributed by atoms with Crippen LogP contribution in [0.4, 0.5) is 5.69 Å². The number of rotatable bonds is 5. The number of thiophene rings is 2. The van der Waals surface area contributed by atoms with E-state index in [1.807, 2.05) is 30.5 Å². The van der Waals surface area contributed by atoms with Gasteiger partial charge in [0, 0.05) is 15.8 Å². The molecule has 2 heterocycles. The Balaban J connectivity index is 1.98. The fourth-order valence-electron chi connectivity index (χ4n) is 2.27. The third-order valence-corrected chi connectivity index (χ3v) is 5.31. The van der Waals surface area contributed by atoms with Gasteiger partial charge in [0.25, 0.3) is 5.91 Å². The van der Waals surface area contributed by atoms with Gasteiger partial charge in [0.15, 0.2) is 10.6 Å². The van der Waals surface area contributed by atoms with Gasteiger partial charge < -0.3 is 14.8 Å². The molecule has 0 saturated heterocycles. The predicted molar refractivity (Wildman–Crippen MR) is 96.6 cm³/mol. The second-order valence-corrected chi connectivity index (χ2v) is 6.83. The number of carbonyl (C=O) groups excluding carboxylic acids is 2. The van der Waals surface area contributed by atoms with Gasteiger partial charge in [-0.25, -0.2) is 4.79 Å². The van der Waals surface area contributed by atoms with Crippen LogP contribution in [0.2, 0.25) is 0 Å². The van der Waals surface area contributed by atoms with E-state index in [2.05, 4.69) is 5.32 Å². The maximum absolute atomic E-state index is 12.2. The molecule has 0 fully saturated rings. The fourth-order valence-corrected chi connectivity index (χ4v) is 3.93. The van der Waals surface area contributed by atoms with Gasteiger partial charge in [-0.15, -0.1) is 22.7 Å². The lowest BCUT2D eigenvalue weighted by Gasteiger charge is -2.06. The number of esters is 1. The fraction of sp³-hybridized carbons (Fsp3) is 0.176. The van der Waals surface area contributed by atoms with Gasteiger partial charge >= 0.3 is 5.97 Å². The molecule has 24 heavy (non-hydrogen) atoms. The van der Waals surface area contributed by atoms with Crippen LogP contribution in [-0.2, 0) is 4.74 Å². The summed E-state index contributed by atoms with van der Waals surface area (Å²) >= 11 is 2.69. The molecule has 0 aliphatic rings. The number of carbonyl (C=O) groups is 2. The maximum Gasteiger partial charge on any atom is 0.351 e. The lowest BCUT2D eigenvalue weighted by atomic mass is 10.2. The molecular formula is C17H15NO4S2. The Morgan fingerprint density at radius 1 is 1.25 bits per heavy atom. The van der Waals surface area contributed by atoms with Crippen molar-refractivity contribution in [3.05, 3.63) is 45.5 Å². The van der Waals surface area contributed by atoms with Crippen LogP contribution >= 0.6 is 22.7 Å². The number of fused-ring (bicyclic) bond motifs is 1. The van der Waals surface area contributed by atoms with E-state index in [-0.39, 0.29) is 5.91 Å². The lowest BCUT2D eigenvalue weighted by molar-refractivity contribution is 0.0602. The molecule has 1 N–H and O–H groups in total. The Morgan fingerprint density at radius 2 is 2.08 bits per heavy atom. The van der Waals surface area contributed by atoms with Crippen molar-refractivity contribution in [2.75, 3.05) is 19.0 Å². The molecule has 1 aromatic carbocycles. The first kappa shape index (κ1) is 16.5. The topological polar surface area (TPSA) is 64.6 Å². The van der Waals surface area contributed by atoms with Gasteiger partial charge in [0.1, 0.15) is 0 Å². The van der Waals surface area contributed by atoms with E-state index >= 15 is 0 Å². The Labute approximate surface area is 146 Å². The third-order valence-electron chi connectivity index (χ3n) is 3.30. The minimum Gasteiger partial charge on any atom is -0.491 e. The van der Waals surface area contributed by atoms with Gasteiger partial charge in [-0.2, -0.15) is 0 Å². The molecule has 0 unspecified atom stereocenters. The highest BCUT2D eigenvalue weighted by Gasteiger charge is 2.21. The van der Waals surface area contributed by atoms with Gasteiger partial charge in [-0.1, -0.05) is 6.07 Å². The molecule has 0 aliphatic heterocycles. The molecule has 0 atom stereocenters. The molecule has 3 rings (SSSR count).